The molecule has 1 saturated heterocycles. The fraction of sp³-hybridized carbons (Fsp3) is 0.0625. The highest BCUT2D eigenvalue weighted by Gasteiger charge is 2.37. The number of amides is 3. The molecule has 5 heteroatoms. The van der Waals surface area contributed by atoms with Crippen molar-refractivity contribution in [2.45, 2.75) is 0 Å². The third-order valence-electron chi connectivity index (χ3n) is 3.11. The van der Waals surface area contributed by atoms with Crippen LogP contribution in [0.5, 0.6) is 0 Å². The first-order chi connectivity index (χ1) is 10.3. The Bertz CT molecular complexity index is 683. The van der Waals surface area contributed by atoms with Gasteiger partial charge in [0, 0.05) is 0 Å². The van der Waals surface area contributed by atoms with E-state index in [0.717, 1.165) is 10.5 Å². The van der Waals surface area contributed by atoms with Crippen molar-refractivity contribution in [1.82, 2.24) is 5.01 Å². The molecule has 0 atom stereocenters. The third-order valence-corrected chi connectivity index (χ3v) is 3.11. The number of urea groups is 1. The highest BCUT2D eigenvalue weighted by molar-refractivity contribution is 6.19. The fourth-order valence-electron chi connectivity index (χ4n) is 2.09. The molecule has 1 aliphatic rings. The molecule has 104 valence electrons. The monoisotopic (exact) mass is 279 g/mol. The molecule has 21 heavy (non-hydrogen) atoms. The second-order valence-corrected chi connectivity index (χ2v) is 4.56. The Kier molecular flexibility index (Phi) is 3.47. The van der Waals surface area contributed by atoms with Crippen molar-refractivity contribution < 1.29 is 9.59 Å². The number of carbonyl (C=O) groups excluding carboxylic acids is 2. The molecular formula is C16H13N3O2. The number of anilines is 1. The predicted octanol–water partition coefficient (Wildman–Crippen LogP) is 2.49. The minimum atomic E-state index is -0.432. The van der Waals surface area contributed by atoms with Gasteiger partial charge in [-0.25, -0.2) is 14.7 Å². The van der Waals surface area contributed by atoms with E-state index in [1.54, 1.807) is 30.5 Å². The lowest BCUT2D eigenvalue weighted by atomic mass is 10.2. The minimum absolute atomic E-state index is 0.0446. The molecule has 1 heterocycles. The average molecular weight is 279 g/mol. The summed E-state index contributed by atoms with van der Waals surface area (Å²) in [5.74, 6) is -0.281. The van der Waals surface area contributed by atoms with Crippen LogP contribution in [0, 0.1) is 0 Å². The summed E-state index contributed by atoms with van der Waals surface area (Å²) < 4.78 is 0. The summed E-state index contributed by atoms with van der Waals surface area (Å²) >= 11 is 0. The zero-order valence-corrected chi connectivity index (χ0v) is 11.2. The van der Waals surface area contributed by atoms with Crippen molar-refractivity contribution in [3.05, 3.63) is 66.2 Å². The number of hydrogen-bond donors (Lipinski definition) is 0. The van der Waals surface area contributed by atoms with Crippen molar-refractivity contribution in [1.29, 1.82) is 0 Å². The van der Waals surface area contributed by atoms with Gasteiger partial charge in [0.05, 0.1) is 11.9 Å². The summed E-state index contributed by atoms with van der Waals surface area (Å²) in [6.07, 6.45) is 1.57. The maximum atomic E-state index is 12.3. The Morgan fingerprint density at radius 1 is 0.905 bits per heavy atom. The molecule has 3 amide bonds. The second-order valence-electron chi connectivity index (χ2n) is 4.56. The summed E-state index contributed by atoms with van der Waals surface area (Å²) in [6, 6.07) is 17.8. The van der Waals surface area contributed by atoms with Crippen molar-refractivity contribution in [3.63, 3.8) is 0 Å². The van der Waals surface area contributed by atoms with Crippen LogP contribution < -0.4 is 4.90 Å². The molecule has 0 bridgehead atoms. The van der Waals surface area contributed by atoms with Gasteiger partial charge in [-0.3, -0.25) is 4.79 Å². The Hall–Kier alpha value is -2.95. The first kappa shape index (κ1) is 13.1. The van der Waals surface area contributed by atoms with Gasteiger partial charge >= 0.3 is 6.03 Å². The number of imide groups is 1. The molecule has 1 aliphatic heterocycles. The van der Waals surface area contributed by atoms with E-state index < -0.39 is 6.03 Å². The van der Waals surface area contributed by atoms with Crippen LogP contribution in [0.25, 0.3) is 0 Å². The maximum absolute atomic E-state index is 12.3. The average Bonchev–Trinajstić information content (AvgIpc) is 2.81. The van der Waals surface area contributed by atoms with Crippen molar-refractivity contribution >= 4 is 23.8 Å². The van der Waals surface area contributed by atoms with Crippen LogP contribution >= 0.6 is 0 Å². The predicted molar refractivity (Wildman–Crippen MR) is 80.1 cm³/mol. The smallest absolute Gasteiger partial charge is 0.272 e. The highest BCUT2D eigenvalue weighted by atomic mass is 16.2. The van der Waals surface area contributed by atoms with Crippen LogP contribution in [0.15, 0.2) is 65.8 Å². The molecule has 3 rings (SSSR count). The number of benzene rings is 2. The molecule has 0 spiro atoms. The molecule has 1 fully saturated rings. The Morgan fingerprint density at radius 3 is 2.19 bits per heavy atom. The number of rotatable bonds is 3. The zero-order chi connectivity index (χ0) is 14.7. The molecule has 5 nitrogen and oxygen atoms in total. The van der Waals surface area contributed by atoms with Gasteiger partial charge in [-0.1, -0.05) is 48.5 Å². The SMILES string of the molecule is O=C1CN(/N=C/c2ccccc2)C(=O)N1c1ccccc1. The number of hydrazone groups is 1. The van der Waals surface area contributed by atoms with Gasteiger partial charge in [-0.15, -0.1) is 0 Å². The normalized spacial score (nSPS) is 15.2. The van der Waals surface area contributed by atoms with Gasteiger partial charge in [-0.2, -0.15) is 5.10 Å². The number of hydrogen-bond acceptors (Lipinski definition) is 3. The summed E-state index contributed by atoms with van der Waals surface area (Å²) in [5, 5.41) is 5.27. The van der Waals surface area contributed by atoms with Gasteiger partial charge in [-0.05, 0) is 17.7 Å². The van der Waals surface area contributed by atoms with E-state index in [-0.39, 0.29) is 12.5 Å². The van der Waals surface area contributed by atoms with Crippen LogP contribution in [0.1, 0.15) is 5.56 Å². The molecule has 2 aromatic carbocycles. The zero-order valence-electron chi connectivity index (χ0n) is 11.2. The summed E-state index contributed by atoms with van der Waals surface area (Å²) in [7, 11) is 0. The second kappa shape index (κ2) is 5.58. The van der Waals surface area contributed by atoms with Gasteiger partial charge in [0.25, 0.3) is 5.91 Å². The first-order valence-corrected chi connectivity index (χ1v) is 6.54. The lowest BCUT2D eigenvalue weighted by Crippen LogP contribution is -2.31. The van der Waals surface area contributed by atoms with Crippen molar-refractivity contribution in [2.75, 3.05) is 11.4 Å². The lowest BCUT2D eigenvalue weighted by Gasteiger charge is -2.13. The number of nitrogens with zero attached hydrogens (tertiary/aromatic N) is 3. The molecular weight excluding hydrogens is 266 g/mol. The van der Waals surface area contributed by atoms with E-state index in [1.807, 2.05) is 36.4 Å². The maximum Gasteiger partial charge on any atom is 0.352 e. The summed E-state index contributed by atoms with van der Waals surface area (Å²) in [5.41, 5.74) is 1.43. The van der Waals surface area contributed by atoms with E-state index in [0.29, 0.717) is 5.69 Å². The van der Waals surface area contributed by atoms with E-state index in [4.69, 9.17) is 0 Å². The van der Waals surface area contributed by atoms with Gasteiger partial charge in [0.2, 0.25) is 0 Å². The quantitative estimate of drug-likeness (QED) is 0.640. The summed E-state index contributed by atoms with van der Waals surface area (Å²) in [4.78, 5) is 25.4. The third kappa shape index (κ3) is 2.67. The van der Waals surface area contributed by atoms with Crippen LogP contribution in [-0.2, 0) is 4.79 Å². The van der Waals surface area contributed by atoms with Gasteiger partial charge in [0.15, 0.2) is 0 Å². The van der Waals surface area contributed by atoms with Crippen molar-refractivity contribution in [3.8, 4) is 0 Å². The molecule has 0 unspecified atom stereocenters. The largest absolute Gasteiger partial charge is 0.352 e. The topological polar surface area (TPSA) is 53.0 Å². The van der Waals surface area contributed by atoms with Crippen LogP contribution in [0.4, 0.5) is 10.5 Å². The van der Waals surface area contributed by atoms with E-state index in [1.165, 1.54) is 5.01 Å². The Balaban J connectivity index is 1.80. The lowest BCUT2D eigenvalue weighted by molar-refractivity contribution is -0.116. The molecule has 0 aliphatic carbocycles. The van der Waals surface area contributed by atoms with Crippen molar-refractivity contribution in [2.24, 2.45) is 5.10 Å². The molecule has 0 aromatic heterocycles. The van der Waals surface area contributed by atoms with Crippen LogP contribution in [-0.4, -0.2) is 29.7 Å². The number of carbonyl (C=O) groups is 2. The molecule has 0 radical (unpaired) electrons. The first-order valence-electron chi connectivity index (χ1n) is 6.54. The van der Waals surface area contributed by atoms with Crippen LogP contribution in [0.2, 0.25) is 0 Å². The Morgan fingerprint density at radius 2 is 1.52 bits per heavy atom. The summed E-state index contributed by atoms with van der Waals surface area (Å²) in [6.45, 7) is -0.0446. The minimum Gasteiger partial charge on any atom is -0.272 e. The molecule has 2 aromatic rings. The van der Waals surface area contributed by atoms with Gasteiger partial charge < -0.3 is 0 Å². The molecule has 0 N–H and O–H groups in total. The van der Waals surface area contributed by atoms with E-state index in [9.17, 15) is 9.59 Å². The fourth-order valence-corrected chi connectivity index (χ4v) is 2.09. The highest BCUT2D eigenvalue weighted by Crippen LogP contribution is 2.20. The molecule has 0 saturated carbocycles. The van der Waals surface area contributed by atoms with E-state index in [2.05, 4.69) is 5.10 Å². The Labute approximate surface area is 122 Å². The van der Waals surface area contributed by atoms with Crippen LogP contribution in [0.3, 0.4) is 0 Å². The van der Waals surface area contributed by atoms with Gasteiger partial charge in [0.1, 0.15) is 6.54 Å². The standard InChI is InChI=1S/C16H13N3O2/c20-15-12-18(17-11-13-7-3-1-4-8-13)16(21)19(15)14-9-5-2-6-10-14/h1-11H,12H2/b17-11+. The number of para-hydroxylation sites is 1. The van der Waals surface area contributed by atoms with E-state index >= 15 is 0 Å².